The lowest BCUT2D eigenvalue weighted by molar-refractivity contribution is 0.0894. The summed E-state index contributed by atoms with van der Waals surface area (Å²) in [7, 11) is 1.63. The van der Waals surface area contributed by atoms with Crippen LogP contribution in [0.2, 0.25) is 0 Å². The zero-order chi connectivity index (χ0) is 17.5. The zero-order valence-corrected chi connectivity index (χ0v) is 14.7. The van der Waals surface area contributed by atoms with E-state index in [1.54, 1.807) is 13.2 Å². The Bertz CT molecular complexity index is 669. The second-order valence-electron chi connectivity index (χ2n) is 6.11. The molecule has 5 nitrogen and oxygen atoms in total. The van der Waals surface area contributed by atoms with Gasteiger partial charge in [0.25, 0.3) is 5.91 Å². The topological polar surface area (TPSA) is 64.1 Å². The number of nitrogens with zero attached hydrogens (tertiary/aromatic N) is 2. The largest absolute Gasteiger partial charge is 0.383 e. The number of methoxy groups -OCH3 is 1. The maximum atomic E-state index is 12.4. The van der Waals surface area contributed by atoms with Crippen molar-refractivity contribution in [2.45, 2.75) is 39.2 Å². The molecule has 0 spiro atoms. The van der Waals surface area contributed by atoms with Crippen LogP contribution in [-0.4, -0.2) is 35.9 Å². The number of carbonyl (C=O) groups is 1. The molecule has 0 saturated heterocycles. The molecule has 0 fully saturated rings. The van der Waals surface area contributed by atoms with E-state index < -0.39 is 0 Å². The summed E-state index contributed by atoms with van der Waals surface area (Å²) in [6, 6.07) is 11.4. The fourth-order valence-electron chi connectivity index (χ4n) is 2.36. The number of carbonyl (C=O) groups excluding carboxylic acids is 1. The third kappa shape index (κ3) is 4.61. The maximum Gasteiger partial charge on any atom is 0.251 e. The molecule has 1 N–H and O–H groups in total. The van der Waals surface area contributed by atoms with E-state index in [1.165, 1.54) is 0 Å². The van der Waals surface area contributed by atoms with Gasteiger partial charge in [-0.1, -0.05) is 32.9 Å². The summed E-state index contributed by atoms with van der Waals surface area (Å²) in [6.45, 7) is 6.69. The molecule has 128 valence electrons. The van der Waals surface area contributed by atoms with Gasteiger partial charge in [0, 0.05) is 18.2 Å². The van der Waals surface area contributed by atoms with E-state index in [1.807, 2.05) is 37.3 Å². The summed E-state index contributed by atoms with van der Waals surface area (Å²) < 4.78 is 5.12. The number of rotatable bonds is 7. The van der Waals surface area contributed by atoms with E-state index in [0.29, 0.717) is 18.1 Å². The molecule has 0 saturated carbocycles. The second kappa shape index (κ2) is 8.55. The first-order valence-corrected chi connectivity index (χ1v) is 8.29. The highest BCUT2D eigenvalue weighted by Gasteiger charge is 2.13. The number of hydrogen-bond acceptors (Lipinski definition) is 4. The monoisotopic (exact) mass is 327 g/mol. The van der Waals surface area contributed by atoms with Gasteiger partial charge in [0.2, 0.25) is 0 Å². The fourth-order valence-corrected chi connectivity index (χ4v) is 2.36. The lowest BCUT2D eigenvalue weighted by Crippen LogP contribution is -2.37. The third-order valence-corrected chi connectivity index (χ3v) is 3.89. The molecule has 1 aromatic heterocycles. The molecule has 1 atom stereocenters. The fraction of sp³-hybridized carbons (Fsp3) is 0.421. The van der Waals surface area contributed by atoms with Gasteiger partial charge in [-0.15, -0.1) is 0 Å². The Morgan fingerprint density at radius 1 is 1.21 bits per heavy atom. The molecular formula is C19H25N3O2. The van der Waals surface area contributed by atoms with Crippen LogP contribution in [0.1, 0.15) is 49.2 Å². The van der Waals surface area contributed by atoms with Gasteiger partial charge in [0.15, 0.2) is 0 Å². The number of amides is 1. The highest BCUT2D eigenvalue weighted by molar-refractivity contribution is 5.95. The van der Waals surface area contributed by atoms with Gasteiger partial charge in [-0.25, -0.2) is 0 Å². The molecule has 0 bridgehead atoms. The van der Waals surface area contributed by atoms with E-state index in [-0.39, 0.29) is 11.9 Å². The van der Waals surface area contributed by atoms with E-state index in [4.69, 9.17) is 4.74 Å². The average Bonchev–Trinajstić information content (AvgIpc) is 2.61. The predicted octanol–water partition coefficient (Wildman–Crippen LogP) is 3.42. The molecule has 2 aromatic rings. The van der Waals surface area contributed by atoms with Gasteiger partial charge in [0.05, 0.1) is 24.0 Å². The van der Waals surface area contributed by atoms with E-state index in [2.05, 4.69) is 29.4 Å². The summed E-state index contributed by atoms with van der Waals surface area (Å²) in [4.78, 5) is 12.4. The molecule has 0 unspecified atom stereocenters. The minimum atomic E-state index is -0.104. The number of hydrogen-bond donors (Lipinski definition) is 1. The van der Waals surface area contributed by atoms with Crippen LogP contribution in [0.15, 0.2) is 36.4 Å². The highest BCUT2D eigenvalue weighted by atomic mass is 16.5. The van der Waals surface area contributed by atoms with Gasteiger partial charge >= 0.3 is 0 Å². The first-order valence-electron chi connectivity index (χ1n) is 8.29. The number of nitrogens with one attached hydrogen (secondary N) is 1. The average molecular weight is 327 g/mol. The standard InChI is InChI=1S/C19H25N3O2/c1-5-16(12-24-4)20-19(23)15-8-6-7-14(11-15)18-10-9-17(13(2)3)21-22-18/h6-11,13,16H,5,12H2,1-4H3,(H,20,23)/t16-/m0/s1. The van der Waals surface area contributed by atoms with Crippen LogP contribution in [0.3, 0.4) is 0 Å². The summed E-state index contributed by atoms with van der Waals surface area (Å²) in [5.74, 6) is 0.239. The van der Waals surface area contributed by atoms with Gasteiger partial charge in [-0.05, 0) is 36.6 Å². The zero-order valence-electron chi connectivity index (χ0n) is 14.7. The van der Waals surface area contributed by atoms with Crippen molar-refractivity contribution in [3.63, 3.8) is 0 Å². The smallest absolute Gasteiger partial charge is 0.251 e. The van der Waals surface area contributed by atoms with Crippen molar-refractivity contribution in [2.75, 3.05) is 13.7 Å². The van der Waals surface area contributed by atoms with Gasteiger partial charge in [0.1, 0.15) is 0 Å². The Morgan fingerprint density at radius 2 is 2.00 bits per heavy atom. The predicted molar refractivity (Wildman–Crippen MR) is 95.0 cm³/mol. The van der Waals surface area contributed by atoms with Crippen LogP contribution < -0.4 is 5.32 Å². The first kappa shape index (κ1) is 18.1. The summed E-state index contributed by atoms with van der Waals surface area (Å²) >= 11 is 0. The van der Waals surface area contributed by atoms with Crippen molar-refractivity contribution in [1.29, 1.82) is 0 Å². The van der Waals surface area contributed by atoms with Crippen LogP contribution in [0.25, 0.3) is 11.3 Å². The first-order chi connectivity index (χ1) is 11.5. The summed E-state index contributed by atoms with van der Waals surface area (Å²) in [6.07, 6.45) is 0.821. The van der Waals surface area contributed by atoms with E-state index in [9.17, 15) is 4.79 Å². The molecular weight excluding hydrogens is 302 g/mol. The molecule has 24 heavy (non-hydrogen) atoms. The summed E-state index contributed by atoms with van der Waals surface area (Å²) in [5, 5.41) is 11.5. The van der Waals surface area contributed by atoms with Crippen LogP contribution in [-0.2, 0) is 4.74 Å². The molecule has 5 heteroatoms. The van der Waals surface area contributed by atoms with Crippen molar-refractivity contribution >= 4 is 5.91 Å². The lowest BCUT2D eigenvalue weighted by atomic mass is 10.1. The Hall–Kier alpha value is -2.27. The van der Waals surface area contributed by atoms with Crippen LogP contribution in [0.4, 0.5) is 0 Å². The van der Waals surface area contributed by atoms with Gasteiger partial charge in [-0.2, -0.15) is 10.2 Å². The molecule has 2 rings (SSSR count). The van der Waals surface area contributed by atoms with Gasteiger partial charge in [-0.3, -0.25) is 4.79 Å². The lowest BCUT2D eigenvalue weighted by Gasteiger charge is -2.16. The molecule has 1 heterocycles. The Balaban J connectivity index is 2.17. The molecule has 1 amide bonds. The molecule has 1 aromatic carbocycles. The quantitative estimate of drug-likeness (QED) is 0.846. The molecule has 0 radical (unpaired) electrons. The van der Waals surface area contributed by atoms with Crippen molar-refractivity contribution in [2.24, 2.45) is 0 Å². The number of aromatic nitrogens is 2. The van der Waals surface area contributed by atoms with E-state index in [0.717, 1.165) is 23.4 Å². The van der Waals surface area contributed by atoms with Gasteiger partial charge < -0.3 is 10.1 Å². The molecule has 0 aliphatic rings. The minimum absolute atomic E-state index is 0.0104. The highest BCUT2D eigenvalue weighted by Crippen LogP contribution is 2.19. The maximum absolute atomic E-state index is 12.4. The Kier molecular flexibility index (Phi) is 6.44. The second-order valence-corrected chi connectivity index (χ2v) is 6.11. The van der Waals surface area contributed by atoms with Crippen LogP contribution in [0.5, 0.6) is 0 Å². The van der Waals surface area contributed by atoms with Crippen molar-refractivity contribution < 1.29 is 9.53 Å². The molecule has 0 aliphatic heterocycles. The summed E-state index contributed by atoms with van der Waals surface area (Å²) in [5.41, 5.74) is 3.21. The minimum Gasteiger partial charge on any atom is -0.383 e. The van der Waals surface area contributed by atoms with Crippen LogP contribution >= 0.6 is 0 Å². The van der Waals surface area contributed by atoms with Crippen molar-refractivity contribution in [3.05, 3.63) is 47.7 Å². The van der Waals surface area contributed by atoms with Crippen molar-refractivity contribution in [1.82, 2.24) is 15.5 Å². The SMILES string of the molecule is CC[C@@H](COC)NC(=O)c1cccc(-c2ccc(C(C)C)nn2)c1. The van der Waals surface area contributed by atoms with Crippen molar-refractivity contribution in [3.8, 4) is 11.3 Å². The van der Waals surface area contributed by atoms with Crippen LogP contribution in [0, 0.1) is 0 Å². The number of ether oxygens (including phenoxy) is 1. The van der Waals surface area contributed by atoms with E-state index >= 15 is 0 Å². The molecule has 0 aliphatic carbocycles. The number of benzene rings is 1. The normalized spacial score (nSPS) is 12.2. The Labute approximate surface area is 143 Å². The third-order valence-electron chi connectivity index (χ3n) is 3.89. The Morgan fingerprint density at radius 3 is 2.58 bits per heavy atom.